The third kappa shape index (κ3) is 7.26. The fourth-order valence-electron chi connectivity index (χ4n) is 1.04. The fraction of sp³-hybridized carbons (Fsp3) is 0.333. The quantitative estimate of drug-likeness (QED) is 0.384. The Morgan fingerprint density at radius 1 is 1.20 bits per heavy atom. The van der Waals surface area contributed by atoms with Crippen LogP contribution in [0.15, 0.2) is 29.2 Å². The normalized spacial score (nSPS) is 11.7. The Morgan fingerprint density at radius 3 is 2.40 bits per heavy atom. The summed E-state index contributed by atoms with van der Waals surface area (Å²) >= 11 is 5.73. The molecule has 20 heavy (non-hydrogen) atoms. The molecule has 0 radical (unpaired) electrons. The molecular formula is C9H9ClN2O6S2. The summed E-state index contributed by atoms with van der Waals surface area (Å²) < 4.78 is 0. The predicted molar refractivity (Wildman–Crippen MR) is 74.6 cm³/mol. The third-order valence-corrected chi connectivity index (χ3v) is 4.51. The molecular weight excluding hydrogens is 332 g/mol. The monoisotopic (exact) mass is 340 g/mol. The van der Waals surface area contributed by atoms with Gasteiger partial charge >= 0.3 is 0 Å². The zero-order chi connectivity index (χ0) is 15.0. The maximum Gasteiger partial charge on any atom is 0.294 e. The van der Waals surface area contributed by atoms with Crippen molar-refractivity contribution in [3.63, 3.8) is 0 Å². The number of benzene rings is 1. The minimum Gasteiger partial charge on any atom is -0.312 e. The summed E-state index contributed by atoms with van der Waals surface area (Å²) in [7, 11) is 2.60. The molecule has 0 heterocycles. The van der Waals surface area contributed by atoms with E-state index < -0.39 is 22.9 Å². The minimum absolute atomic E-state index is 0.155. The molecule has 11 heteroatoms. The summed E-state index contributed by atoms with van der Waals surface area (Å²) in [6.45, 7) is -0.498. The summed E-state index contributed by atoms with van der Waals surface area (Å²) in [5, 5.41) is 18.9. The van der Waals surface area contributed by atoms with Crippen molar-refractivity contribution in [2.45, 2.75) is 11.0 Å². The van der Waals surface area contributed by atoms with Crippen LogP contribution in [0.5, 0.6) is 0 Å². The maximum absolute atomic E-state index is 10.3. The summed E-state index contributed by atoms with van der Waals surface area (Å²) in [5.41, 5.74) is 0. The van der Waals surface area contributed by atoms with Crippen LogP contribution in [-0.2, 0) is 9.68 Å². The largest absolute Gasteiger partial charge is 0.312 e. The third-order valence-electron chi connectivity index (χ3n) is 1.82. The molecule has 0 amide bonds. The van der Waals surface area contributed by atoms with Crippen LogP contribution in [0.1, 0.15) is 0 Å². The van der Waals surface area contributed by atoms with E-state index in [9.17, 15) is 20.2 Å². The average Bonchev–Trinajstić information content (AvgIpc) is 2.37. The van der Waals surface area contributed by atoms with Gasteiger partial charge in [0, 0.05) is 15.7 Å². The molecule has 1 unspecified atom stereocenters. The van der Waals surface area contributed by atoms with Crippen LogP contribution in [0.3, 0.4) is 0 Å². The first-order chi connectivity index (χ1) is 9.47. The van der Waals surface area contributed by atoms with E-state index >= 15 is 0 Å². The second-order valence-electron chi connectivity index (χ2n) is 3.29. The zero-order valence-electron chi connectivity index (χ0n) is 9.84. The van der Waals surface area contributed by atoms with E-state index in [0.29, 0.717) is 5.02 Å². The highest BCUT2D eigenvalue weighted by Gasteiger charge is 2.16. The van der Waals surface area contributed by atoms with Crippen LogP contribution < -0.4 is 0 Å². The van der Waals surface area contributed by atoms with Crippen LogP contribution in [0.25, 0.3) is 0 Å². The Bertz CT molecular complexity index is 460. The van der Waals surface area contributed by atoms with Crippen molar-refractivity contribution < 1.29 is 19.8 Å². The lowest BCUT2D eigenvalue weighted by Gasteiger charge is -2.12. The lowest BCUT2D eigenvalue weighted by Crippen LogP contribution is -2.26. The Labute approximate surface area is 126 Å². The summed E-state index contributed by atoms with van der Waals surface area (Å²) in [6.07, 6.45) is -1.01. The van der Waals surface area contributed by atoms with Crippen molar-refractivity contribution in [3.8, 4) is 0 Å². The van der Waals surface area contributed by atoms with E-state index in [1.54, 1.807) is 24.3 Å². The molecule has 110 valence electrons. The highest BCUT2D eigenvalue weighted by Crippen LogP contribution is 2.32. The first-order valence-electron chi connectivity index (χ1n) is 5.11. The molecule has 0 bridgehead atoms. The SMILES string of the molecule is O=[N+]([O-])OCC(CSSc1ccc(Cl)cc1)O[N+](=O)[O-]. The van der Waals surface area contributed by atoms with Crippen LogP contribution >= 0.6 is 33.2 Å². The van der Waals surface area contributed by atoms with Crippen molar-refractivity contribution >= 4 is 33.2 Å². The van der Waals surface area contributed by atoms with E-state index in [1.807, 2.05) is 0 Å². The molecule has 8 nitrogen and oxygen atoms in total. The van der Waals surface area contributed by atoms with Gasteiger partial charge in [0.1, 0.15) is 12.7 Å². The lowest BCUT2D eigenvalue weighted by molar-refractivity contribution is -0.788. The molecule has 0 saturated heterocycles. The van der Waals surface area contributed by atoms with Crippen LogP contribution in [0, 0.1) is 20.2 Å². The number of halogens is 1. The summed E-state index contributed by atoms with van der Waals surface area (Å²) in [6, 6.07) is 7.00. The molecule has 0 saturated carbocycles. The second kappa shape index (κ2) is 8.72. The molecule has 1 aromatic rings. The Balaban J connectivity index is 2.38. The van der Waals surface area contributed by atoms with Gasteiger partial charge in [0.05, 0.1) is 0 Å². The molecule has 1 aromatic carbocycles. The van der Waals surface area contributed by atoms with E-state index in [2.05, 4.69) is 9.68 Å². The standard InChI is InChI=1S/C9H9ClN2O6S2/c10-7-1-3-9(4-2-7)20-19-6-8(18-12(15)16)5-17-11(13)14/h1-4,8H,5-6H2. The highest BCUT2D eigenvalue weighted by molar-refractivity contribution is 8.76. The van der Waals surface area contributed by atoms with Gasteiger partial charge in [-0.25, -0.2) is 0 Å². The predicted octanol–water partition coefficient (Wildman–Crippen LogP) is 2.87. The van der Waals surface area contributed by atoms with Crippen molar-refractivity contribution in [3.05, 3.63) is 49.5 Å². The van der Waals surface area contributed by atoms with Crippen LogP contribution in [0.2, 0.25) is 5.02 Å². The smallest absolute Gasteiger partial charge is 0.294 e. The van der Waals surface area contributed by atoms with Crippen LogP contribution in [0.4, 0.5) is 0 Å². The molecule has 0 aromatic heterocycles. The highest BCUT2D eigenvalue weighted by atomic mass is 35.5. The van der Waals surface area contributed by atoms with Crippen molar-refractivity contribution in [2.75, 3.05) is 12.4 Å². The van der Waals surface area contributed by atoms with E-state index in [0.717, 1.165) is 4.90 Å². The maximum atomic E-state index is 10.3. The molecule has 1 atom stereocenters. The van der Waals surface area contributed by atoms with E-state index in [1.165, 1.54) is 21.6 Å². The van der Waals surface area contributed by atoms with Gasteiger partial charge in [-0.15, -0.1) is 20.2 Å². The van der Waals surface area contributed by atoms with Crippen LogP contribution in [-0.4, -0.2) is 28.6 Å². The number of hydrogen-bond donors (Lipinski definition) is 0. The van der Waals surface area contributed by atoms with Gasteiger partial charge < -0.3 is 9.68 Å². The van der Waals surface area contributed by atoms with Gasteiger partial charge in [-0.1, -0.05) is 33.2 Å². The Kier molecular flexibility index (Phi) is 7.26. The summed E-state index contributed by atoms with van der Waals surface area (Å²) in [4.78, 5) is 29.6. The molecule has 1 rings (SSSR count). The molecule has 0 aliphatic rings. The fourth-order valence-corrected chi connectivity index (χ4v) is 3.33. The molecule has 0 aliphatic heterocycles. The van der Waals surface area contributed by atoms with Crippen molar-refractivity contribution in [1.82, 2.24) is 0 Å². The topological polar surface area (TPSA) is 105 Å². The number of hydrogen-bond acceptors (Lipinski definition) is 8. The van der Waals surface area contributed by atoms with E-state index in [4.69, 9.17) is 11.6 Å². The number of rotatable bonds is 9. The van der Waals surface area contributed by atoms with Gasteiger partial charge in [0.25, 0.3) is 10.2 Å². The molecule has 0 fully saturated rings. The van der Waals surface area contributed by atoms with E-state index in [-0.39, 0.29) is 5.75 Å². The van der Waals surface area contributed by atoms with Gasteiger partial charge in [0.2, 0.25) is 0 Å². The second-order valence-corrected chi connectivity index (χ2v) is 6.14. The van der Waals surface area contributed by atoms with Gasteiger partial charge in [-0.05, 0) is 24.3 Å². The van der Waals surface area contributed by atoms with Gasteiger partial charge in [-0.2, -0.15) is 0 Å². The molecule has 0 spiro atoms. The Hall–Kier alpha value is -1.39. The van der Waals surface area contributed by atoms with Crippen molar-refractivity contribution in [2.24, 2.45) is 0 Å². The van der Waals surface area contributed by atoms with Gasteiger partial charge in [0.15, 0.2) is 0 Å². The average molecular weight is 341 g/mol. The van der Waals surface area contributed by atoms with Gasteiger partial charge in [-0.3, -0.25) is 0 Å². The lowest BCUT2D eigenvalue weighted by atomic mass is 10.4. The van der Waals surface area contributed by atoms with Crippen molar-refractivity contribution in [1.29, 1.82) is 0 Å². The summed E-state index contributed by atoms with van der Waals surface area (Å²) in [5.74, 6) is 0.155. The number of nitrogens with zero attached hydrogens (tertiary/aromatic N) is 2. The zero-order valence-corrected chi connectivity index (χ0v) is 12.2. The molecule has 0 aliphatic carbocycles. The first kappa shape index (κ1) is 16.7. The Morgan fingerprint density at radius 2 is 1.85 bits per heavy atom. The first-order valence-corrected chi connectivity index (χ1v) is 7.80. The minimum atomic E-state index is -1.02. The molecule has 0 N–H and O–H groups in total.